The third kappa shape index (κ3) is 9.07. The number of carbonyl (C=O) groups excluding carboxylic acids is 2. The van der Waals surface area contributed by atoms with Crippen LogP contribution >= 0.6 is 0 Å². The molecule has 0 rings (SSSR count). The fourth-order valence-electron chi connectivity index (χ4n) is 0.790. The molecule has 7 heteroatoms. The molecule has 0 fully saturated rings. The molecule has 1 unspecified atom stereocenters. The summed E-state index contributed by atoms with van der Waals surface area (Å²) >= 11 is -4.46. The van der Waals surface area contributed by atoms with Crippen molar-refractivity contribution in [3.8, 4) is 0 Å². The topological polar surface area (TPSA) is 61.8 Å². The van der Waals surface area contributed by atoms with Crippen molar-refractivity contribution in [3.63, 3.8) is 0 Å². The van der Waals surface area contributed by atoms with Crippen LogP contribution in [0.15, 0.2) is 0 Å². The Morgan fingerprint density at radius 1 is 1.29 bits per heavy atom. The first kappa shape index (κ1) is 14.5. The second kappa shape index (κ2) is 8.78. The first-order valence-electron chi connectivity index (χ1n) is 4.48. The Bertz CT molecular complexity index is 197. The Labute approximate surface area is 103 Å². The molecule has 0 aromatic rings. The van der Waals surface area contributed by atoms with Crippen LogP contribution in [0.5, 0.6) is 0 Å². The Morgan fingerprint density at radius 2 is 1.93 bits per heavy atom. The van der Waals surface area contributed by atoms with Gasteiger partial charge in [0.1, 0.15) is 0 Å². The number of rotatable bonds is 6. The molecule has 0 bridgehead atoms. The average molecular weight is 418 g/mol. The van der Waals surface area contributed by atoms with Gasteiger partial charge >= 0.3 is 103 Å². The molecule has 0 N–H and O–H groups in total. The van der Waals surface area contributed by atoms with Crippen LogP contribution in [0.25, 0.3) is 0 Å². The molecule has 0 radical (unpaired) electrons. The van der Waals surface area contributed by atoms with E-state index in [0.29, 0.717) is 0 Å². The van der Waals surface area contributed by atoms with E-state index in [1.54, 1.807) is 0 Å². The van der Waals surface area contributed by atoms with Crippen molar-refractivity contribution in [3.05, 3.63) is 0 Å². The van der Waals surface area contributed by atoms with Crippen molar-refractivity contribution >= 4 is 54.5 Å². The van der Waals surface area contributed by atoms with Gasteiger partial charge in [-0.05, 0) is 0 Å². The molecule has 0 heterocycles. The molecule has 1 atom stereocenters. The summed E-state index contributed by atoms with van der Waals surface area (Å²) in [7, 11) is 0. The van der Waals surface area contributed by atoms with Gasteiger partial charge < -0.3 is 0 Å². The van der Waals surface area contributed by atoms with Crippen LogP contribution in [-0.4, -0.2) is 54.5 Å². The fourth-order valence-corrected chi connectivity index (χ4v) is 14.0. The van der Waals surface area contributed by atoms with E-state index >= 15 is 0 Å². The van der Waals surface area contributed by atoms with Crippen molar-refractivity contribution in [1.29, 1.82) is 0 Å². The van der Waals surface area contributed by atoms with E-state index in [2.05, 4.69) is 0 Å². The molecule has 0 saturated heterocycles. The first-order valence-corrected chi connectivity index (χ1v) is 12.8. The minimum atomic E-state index is -2.57. The molecule has 0 saturated carbocycles. The molecule has 0 spiro atoms. The van der Waals surface area contributed by atoms with Crippen molar-refractivity contribution < 1.29 is 17.1 Å². The first-order chi connectivity index (χ1) is 6.56. The number of hydrogen-bond donors (Lipinski definition) is 0. The maximum atomic E-state index is 10.7. The summed E-state index contributed by atoms with van der Waals surface area (Å²) in [5.41, 5.74) is 0. The van der Waals surface area contributed by atoms with Crippen LogP contribution < -0.4 is 0 Å². The molecular weight excluding hydrogens is 401 g/mol. The summed E-state index contributed by atoms with van der Waals surface area (Å²) < 4.78 is 16.2. The van der Waals surface area contributed by atoms with E-state index in [0.717, 1.165) is 10.9 Å². The monoisotopic (exact) mass is 420 g/mol. The SMILES string of the molecule is CC[CH2][SnH]([O][SnH2][O]C(C)=O)[O]C(C)=O. The van der Waals surface area contributed by atoms with Crippen molar-refractivity contribution in [1.82, 2.24) is 0 Å². The van der Waals surface area contributed by atoms with E-state index in [4.69, 9.17) is 7.56 Å². The van der Waals surface area contributed by atoms with Crippen molar-refractivity contribution in [2.45, 2.75) is 31.6 Å². The van der Waals surface area contributed by atoms with E-state index in [9.17, 15) is 9.59 Å². The molecule has 14 heavy (non-hydrogen) atoms. The fraction of sp³-hybridized carbons (Fsp3) is 0.714. The van der Waals surface area contributed by atoms with Crippen molar-refractivity contribution in [2.24, 2.45) is 0 Å². The normalized spacial score (nSPS) is 12.8. The van der Waals surface area contributed by atoms with Gasteiger partial charge in [-0.1, -0.05) is 0 Å². The van der Waals surface area contributed by atoms with Gasteiger partial charge in [0.2, 0.25) is 0 Å². The third-order valence-corrected chi connectivity index (χ3v) is 18.7. The van der Waals surface area contributed by atoms with Gasteiger partial charge in [-0.25, -0.2) is 0 Å². The summed E-state index contributed by atoms with van der Waals surface area (Å²) in [5, 5.41) is 0. The molecule has 0 aromatic carbocycles. The quantitative estimate of drug-likeness (QED) is 0.558. The van der Waals surface area contributed by atoms with E-state index in [-0.39, 0.29) is 11.9 Å². The summed E-state index contributed by atoms with van der Waals surface area (Å²) in [6, 6.07) is 0. The van der Waals surface area contributed by atoms with Gasteiger partial charge in [0.15, 0.2) is 0 Å². The number of hydrogen-bond acceptors (Lipinski definition) is 5. The van der Waals surface area contributed by atoms with Gasteiger partial charge in [-0.3, -0.25) is 0 Å². The van der Waals surface area contributed by atoms with Gasteiger partial charge in [0, 0.05) is 0 Å². The zero-order valence-corrected chi connectivity index (χ0v) is 16.1. The number of carbonyl (C=O) groups is 2. The van der Waals surface area contributed by atoms with E-state index in [1.807, 2.05) is 6.92 Å². The molecule has 5 nitrogen and oxygen atoms in total. The van der Waals surface area contributed by atoms with Crippen molar-refractivity contribution in [2.75, 3.05) is 0 Å². The van der Waals surface area contributed by atoms with Gasteiger partial charge in [0.25, 0.3) is 0 Å². The zero-order chi connectivity index (χ0) is 11.0. The molecule has 0 aliphatic rings. The Morgan fingerprint density at radius 3 is 2.36 bits per heavy atom. The van der Waals surface area contributed by atoms with Gasteiger partial charge in [0.05, 0.1) is 0 Å². The van der Waals surface area contributed by atoms with Crippen LogP contribution in [0.3, 0.4) is 0 Å². The van der Waals surface area contributed by atoms with Crippen LogP contribution in [0.4, 0.5) is 0 Å². The Kier molecular flexibility index (Phi) is 9.09. The summed E-state index contributed by atoms with van der Waals surface area (Å²) in [6.07, 6.45) is 0.944. The second-order valence-corrected chi connectivity index (χ2v) is 16.4. The second-order valence-electron chi connectivity index (χ2n) is 2.75. The molecule has 0 amide bonds. The summed E-state index contributed by atoms with van der Waals surface area (Å²) in [6.45, 7) is 4.75. The maximum absolute atomic E-state index is 10.7. The predicted octanol–water partition coefficient (Wildman–Crippen LogP) is -0.242. The zero-order valence-electron chi connectivity index (χ0n) is 8.74. The molecule has 0 aliphatic carbocycles. The van der Waals surface area contributed by atoms with E-state index in [1.165, 1.54) is 13.8 Å². The van der Waals surface area contributed by atoms with Gasteiger partial charge in [-0.15, -0.1) is 0 Å². The predicted molar refractivity (Wildman–Crippen MR) is 55.4 cm³/mol. The average Bonchev–Trinajstić information content (AvgIpc) is 2.02. The molecule has 82 valence electrons. The molecule has 0 aromatic heterocycles. The van der Waals surface area contributed by atoms with Gasteiger partial charge in [-0.2, -0.15) is 0 Å². The molecular formula is C7H16O5Sn2. The Hall–Kier alpha value is 0.497. The standard InChI is InChI=1S/C3H7.2C2H4O2.O.2Sn.3H/c1-3-2;2*1-2(3)4;;;;;;/h1,3H2,2H3;2*1H3,(H,3,4);;;;;;/q;;;;2*+1;;;/p-2. The van der Waals surface area contributed by atoms with Crippen LogP contribution in [0.2, 0.25) is 4.44 Å². The minimum absolute atomic E-state index is 0.284. The summed E-state index contributed by atoms with van der Waals surface area (Å²) in [5.74, 6) is -0.585. The third-order valence-electron chi connectivity index (χ3n) is 1.34. The summed E-state index contributed by atoms with van der Waals surface area (Å²) in [4.78, 5) is 21.2. The van der Waals surface area contributed by atoms with E-state index < -0.39 is 42.6 Å². The molecule has 0 aliphatic heterocycles. The Balaban J connectivity index is 3.72. The van der Waals surface area contributed by atoms with Crippen LogP contribution in [-0.2, 0) is 17.1 Å². The van der Waals surface area contributed by atoms with Crippen LogP contribution in [0, 0.1) is 0 Å². The van der Waals surface area contributed by atoms with Crippen LogP contribution in [0.1, 0.15) is 27.2 Å².